The number of aromatic hydroxyl groups is 1. The van der Waals surface area contributed by atoms with Crippen LogP contribution < -0.4 is 5.56 Å². The Hall–Kier alpha value is -4.09. The van der Waals surface area contributed by atoms with Gasteiger partial charge in [0.2, 0.25) is 5.88 Å². The third-order valence-corrected chi connectivity index (χ3v) is 8.32. The second-order valence-corrected chi connectivity index (χ2v) is 11.0. The molecule has 1 amide bonds. The molecular weight excluding hydrogens is 516 g/mol. The van der Waals surface area contributed by atoms with Crippen LogP contribution in [0.25, 0.3) is 10.9 Å². The Morgan fingerprint density at radius 1 is 1.10 bits per heavy atom. The highest BCUT2D eigenvalue weighted by Crippen LogP contribution is 2.40. The highest BCUT2D eigenvalue weighted by atomic mass is 32.1. The molecule has 0 unspecified atom stereocenters. The molecule has 10 nitrogen and oxygen atoms in total. The molecule has 200 valence electrons. The molecule has 4 aromatic rings. The van der Waals surface area contributed by atoms with E-state index in [2.05, 4.69) is 20.3 Å². The minimum Gasteiger partial charge on any atom is -0.493 e. The lowest BCUT2D eigenvalue weighted by atomic mass is 9.83. The number of rotatable bonds is 7. The number of pyridine rings is 1. The number of fused-ring (bicyclic) bond motifs is 5. The topological polar surface area (TPSA) is 114 Å². The zero-order chi connectivity index (χ0) is 26.9. The van der Waals surface area contributed by atoms with Crippen LogP contribution in [0.15, 0.2) is 80.2 Å². The van der Waals surface area contributed by atoms with Crippen LogP contribution in [0.2, 0.25) is 0 Å². The molecule has 2 bridgehead atoms. The number of hydrogen-bond acceptors (Lipinski definition) is 8. The highest BCUT2D eigenvalue weighted by Gasteiger charge is 2.35. The fourth-order valence-electron chi connectivity index (χ4n) is 5.67. The van der Waals surface area contributed by atoms with Gasteiger partial charge >= 0.3 is 5.91 Å². The van der Waals surface area contributed by atoms with Crippen molar-refractivity contribution in [2.75, 3.05) is 19.7 Å². The zero-order valence-electron chi connectivity index (χ0n) is 21.4. The number of thiophene rings is 1. The summed E-state index contributed by atoms with van der Waals surface area (Å²) < 4.78 is 3.71. The molecular formula is C28H28N6O4S. The number of benzene rings is 1. The Balaban J connectivity index is 1.19. The summed E-state index contributed by atoms with van der Waals surface area (Å²) in [7, 11) is 0. The first-order valence-corrected chi connectivity index (χ1v) is 13.7. The van der Waals surface area contributed by atoms with E-state index in [1.807, 2.05) is 58.5 Å². The van der Waals surface area contributed by atoms with Crippen LogP contribution in [0.1, 0.15) is 29.8 Å². The molecule has 2 aliphatic rings. The van der Waals surface area contributed by atoms with E-state index < -0.39 is 5.91 Å². The maximum atomic E-state index is 12.4. The lowest BCUT2D eigenvalue weighted by molar-refractivity contribution is -0.122. The van der Waals surface area contributed by atoms with Crippen LogP contribution >= 0.6 is 11.3 Å². The summed E-state index contributed by atoms with van der Waals surface area (Å²) in [6, 6.07) is 16.9. The van der Waals surface area contributed by atoms with Gasteiger partial charge in [0.05, 0.1) is 22.8 Å². The average Bonchev–Trinajstić information content (AvgIpc) is 3.56. The Morgan fingerprint density at radius 3 is 2.82 bits per heavy atom. The quantitative estimate of drug-likeness (QED) is 0.206. The van der Waals surface area contributed by atoms with E-state index in [0.29, 0.717) is 30.2 Å². The van der Waals surface area contributed by atoms with Crippen LogP contribution in [-0.4, -0.2) is 50.5 Å². The van der Waals surface area contributed by atoms with Gasteiger partial charge in [-0.1, -0.05) is 35.5 Å². The van der Waals surface area contributed by atoms with E-state index in [0.717, 1.165) is 35.6 Å². The van der Waals surface area contributed by atoms with Gasteiger partial charge < -0.3 is 14.5 Å². The summed E-state index contributed by atoms with van der Waals surface area (Å²) in [5.74, 6) is -0.0271. The van der Waals surface area contributed by atoms with E-state index in [9.17, 15) is 14.7 Å². The number of piperidine rings is 1. The van der Waals surface area contributed by atoms with Gasteiger partial charge in [0.15, 0.2) is 12.3 Å². The Labute approximate surface area is 228 Å². The maximum absolute atomic E-state index is 12.4. The average molecular weight is 545 g/mol. The molecule has 0 spiro atoms. The van der Waals surface area contributed by atoms with Gasteiger partial charge in [-0.15, -0.1) is 21.6 Å². The Morgan fingerprint density at radius 2 is 1.97 bits per heavy atom. The molecule has 1 saturated heterocycles. The fourth-order valence-corrected chi connectivity index (χ4v) is 6.34. The Bertz CT molecular complexity index is 1640. The zero-order valence-corrected chi connectivity index (χ0v) is 22.3. The number of aromatic nitrogens is 2. The molecule has 5 heterocycles. The molecule has 0 radical (unpaired) electrons. The normalized spacial score (nSPS) is 19.5. The number of likely N-dealkylation sites (tertiary alicyclic amines) is 1. The highest BCUT2D eigenvalue weighted by molar-refractivity contribution is 7.12. The summed E-state index contributed by atoms with van der Waals surface area (Å²) in [5.41, 5.74) is 2.86. The van der Waals surface area contributed by atoms with E-state index in [-0.39, 0.29) is 29.7 Å². The van der Waals surface area contributed by atoms with Gasteiger partial charge in [-0.05, 0) is 42.8 Å². The summed E-state index contributed by atoms with van der Waals surface area (Å²) in [6.45, 7) is 4.22. The van der Waals surface area contributed by atoms with Crippen molar-refractivity contribution in [1.29, 1.82) is 0 Å². The van der Waals surface area contributed by atoms with Crippen molar-refractivity contribution < 1.29 is 14.7 Å². The van der Waals surface area contributed by atoms with Gasteiger partial charge in [-0.2, -0.15) is 0 Å². The molecule has 1 fully saturated rings. The minimum atomic E-state index is -0.605. The SMILES string of the molecule is CC(=NOCC(=O)N=Nc1c(O)n(CN2C[C@@H]3C[C@H](C2)c2cccc(=O)n2C3)c2ccccc12)c1cccs1. The van der Waals surface area contributed by atoms with Crippen LogP contribution in [0.3, 0.4) is 0 Å². The van der Waals surface area contributed by atoms with Crippen molar-refractivity contribution in [2.24, 2.45) is 21.3 Å². The van der Waals surface area contributed by atoms with Crippen LogP contribution in [0, 0.1) is 5.92 Å². The van der Waals surface area contributed by atoms with Crippen molar-refractivity contribution in [3.8, 4) is 5.88 Å². The summed E-state index contributed by atoms with van der Waals surface area (Å²) in [6.07, 6.45) is 1.05. The third kappa shape index (κ3) is 5.02. The first-order valence-electron chi connectivity index (χ1n) is 12.8. The maximum Gasteiger partial charge on any atom is 0.304 e. The molecule has 1 aromatic carbocycles. The number of para-hydroxylation sites is 1. The van der Waals surface area contributed by atoms with Gasteiger partial charge in [0.25, 0.3) is 5.56 Å². The molecule has 0 saturated carbocycles. The standard InChI is InChI=1S/C28H28N6O4S/c1-18(24-9-5-11-39-24)31-38-16-25(35)29-30-27-21-6-2-3-7-23(21)34(28(27)37)17-32-13-19-12-20(15-32)22-8-4-10-26(36)33(22)14-19/h2-11,19-20,37H,12-17H2,1H3/t19-,20+/m0/s1. The first-order chi connectivity index (χ1) is 19.0. The van der Waals surface area contributed by atoms with Crippen molar-refractivity contribution >= 4 is 39.5 Å². The minimum absolute atomic E-state index is 0.0485. The Kier molecular flexibility index (Phi) is 6.84. The molecule has 2 atom stereocenters. The van der Waals surface area contributed by atoms with Crippen molar-refractivity contribution in [3.05, 3.63) is 80.9 Å². The predicted molar refractivity (Wildman–Crippen MR) is 149 cm³/mol. The number of oxime groups is 1. The molecule has 6 rings (SSSR count). The monoisotopic (exact) mass is 544 g/mol. The van der Waals surface area contributed by atoms with Crippen molar-refractivity contribution in [3.63, 3.8) is 0 Å². The van der Waals surface area contributed by atoms with Gasteiger partial charge in [-0.25, -0.2) is 0 Å². The second-order valence-electron chi connectivity index (χ2n) is 10.0. The van der Waals surface area contributed by atoms with Gasteiger partial charge in [0, 0.05) is 42.7 Å². The number of carbonyl (C=O) groups excluding carboxylic acids is 1. The predicted octanol–water partition coefficient (Wildman–Crippen LogP) is 4.70. The number of nitrogens with zero attached hydrogens (tertiary/aromatic N) is 6. The second kappa shape index (κ2) is 10.6. The van der Waals surface area contributed by atoms with Crippen LogP contribution in [0.5, 0.6) is 5.88 Å². The van der Waals surface area contributed by atoms with E-state index in [1.54, 1.807) is 17.6 Å². The molecule has 3 aromatic heterocycles. The molecule has 0 aliphatic carbocycles. The van der Waals surface area contributed by atoms with Crippen molar-refractivity contribution in [1.82, 2.24) is 14.0 Å². The largest absolute Gasteiger partial charge is 0.493 e. The summed E-state index contributed by atoms with van der Waals surface area (Å²) in [5, 5.41) is 25.7. The summed E-state index contributed by atoms with van der Waals surface area (Å²) >= 11 is 1.53. The number of amides is 1. The summed E-state index contributed by atoms with van der Waals surface area (Å²) in [4.78, 5) is 33.1. The number of hydrogen-bond donors (Lipinski definition) is 1. The lowest BCUT2D eigenvalue weighted by Crippen LogP contribution is -2.47. The lowest BCUT2D eigenvalue weighted by Gasteiger charge is -2.42. The van der Waals surface area contributed by atoms with E-state index in [4.69, 9.17) is 4.84 Å². The molecule has 2 aliphatic heterocycles. The molecule has 11 heteroatoms. The first kappa shape index (κ1) is 25.2. The van der Waals surface area contributed by atoms with E-state index in [1.165, 1.54) is 11.3 Å². The van der Waals surface area contributed by atoms with Gasteiger partial charge in [-0.3, -0.25) is 19.1 Å². The van der Waals surface area contributed by atoms with E-state index >= 15 is 0 Å². The van der Waals surface area contributed by atoms with Crippen LogP contribution in [-0.2, 0) is 22.8 Å². The molecule has 1 N–H and O–H groups in total. The third-order valence-electron chi connectivity index (χ3n) is 7.34. The van der Waals surface area contributed by atoms with Crippen molar-refractivity contribution in [2.45, 2.75) is 32.5 Å². The molecule has 39 heavy (non-hydrogen) atoms. The van der Waals surface area contributed by atoms with Gasteiger partial charge in [0.1, 0.15) is 0 Å². The van der Waals surface area contributed by atoms with Crippen LogP contribution in [0.4, 0.5) is 5.69 Å². The number of carbonyl (C=O) groups is 1. The number of azo groups is 1. The fraction of sp³-hybridized carbons (Fsp3) is 0.321. The smallest absolute Gasteiger partial charge is 0.304 e.